The van der Waals surface area contributed by atoms with Gasteiger partial charge in [-0.1, -0.05) is 0 Å². The van der Waals surface area contributed by atoms with E-state index in [4.69, 9.17) is 15.1 Å². The third-order valence-electron chi connectivity index (χ3n) is 2.85. The van der Waals surface area contributed by atoms with Gasteiger partial charge in [0.05, 0.1) is 37.3 Å². The summed E-state index contributed by atoms with van der Waals surface area (Å²) in [5.74, 6) is 0.160. The monoisotopic (exact) mass is 275 g/mol. The molecule has 2 aromatic heterocycles. The van der Waals surface area contributed by atoms with Crippen LogP contribution in [0.3, 0.4) is 0 Å². The van der Waals surface area contributed by atoms with E-state index in [0.717, 1.165) is 0 Å². The molecule has 0 saturated carbocycles. The average molecular weight is 275 g/mol. The van der Waals surface area contributed by atoms with Gasteiger partial charge < -0.3 is 19.5 Å². The van der Waals surface area contributed by atoms with Crippen LogP contribution in [0.2, 0.25) is 0 Å². The molecule has 0 amide bonds. The van der Waals surface area contributed by atoms with E-state index in [9.17, 15) is 9.90 Å². The number of aliphatic hydroxyl groups is 2. The minimum absolute atomic E-state index is 0.0286. The Hall–Kier alpha value is -2.43. The molecule has 1 atom stereocenters. The highest BCUT2D eigenvalue weighted by atomic mass is 16.5. The van der Waals surface area contributed by atoms with Crippen LogP contribution in [0.25, 0.3) is 10.9 Å². The van der Waals surface area contributed by atoms with Crippen molar-refractivity contribution >= 4 is 10.9 Å². The van der Waals surface area contributed by atoms with Crippen molar-refractivity contribution in [1.82, 2.24) is 9.55 Å². The van der Waals surface area contributed by atoms with Gasteiger partial charge in [-0.3, -0.25) is 4.79 Å². The second-order valence-corrected chi connectivity index (χ2v) is 4.20. The summed E-state index contributed by atoms with van der Waals surface area (Å²) < 4.78 is 6.24. The molecule has 0 bridgehead atoms. The van der Waals surface area contributed by atoms with Crippen molar-refractivity contribution in [3.8, 4) is 11.9 Å². The number of fused-ring (bicyclic) bond motifs is 1. The first-order valence-corrected chi connectivity index (χ1v) is 5.88. The average Bonchev–Trinajstić information content (AvgIpc) is 2.48. The predicted octanol–water partition coefficient (Wildman–Crippen LogP) is -0.370. The predicted molar refractivity (Wildman–Crippen MR) is 70.4 cm³/mol. The minimum Gasteiger partial charge on any atom is -0.480 e. The van der Waals surface area contributed by atoms with Crippen LogP contribution in [0, 0.1) is 11.3 Å². The van der Waals surface area contributed by atoms with Gasteiger partial charge in [-0.05, 0) is 12.1 Å². The van der Waals surface area contributed by atoms with Crippen molar-refractivity contribution in [2.75, 3.05) is 13.7 Å². The number of rotatable bonds is 4. The van der Waals surface area contributed by atoms with Crippen molar-refractivity contribution < 1.29 is 14.9 Å². The maximum Gasteiger partial charge on any atom is 0.260 e. The summed E-state index contributed by atoms with van der Waals surface area (Å²) in [7, 11) is 1.40. The third-order valence-corrected chi connectivity index (χ3v) is 2.85. The lowest BCUT2D eigenvalue weighted by molar-refractivity contribution is 0.0805. The van der Waals surface area contributed by atoms with Gasteiger partial charge in [-0.15, -0.1) is 0 Å². The van der Waals surface area contributed by atoms with Crippen LogP contribution in [-0.4, -0.2) is 39.6 Å². The van der Waals surface area contributed by atoms with E-state index >= 15 is 0 Å². The molecule has 0 radical (unpaired) electrons. The fourth-order valence-corrected chi connectivity index (χ4v) is 1.86. The molecule has 0 saturated heterocycles. The van der Waals surface area contributed by atoms with Crippen LogP contribution in [0.15, 0.2) is 23.1 Å². The molecule has 2 rings (SSSR count). The van der Waals surface area contributed by atoms with Gasteiger partial charge >= 0.3 is 0 Å². The third kappa shape index (κ3) is 2.47. The molecular weight excluding hydrogens is 262 g/mol. The zero-order chi connectivity index (χ0) is 14.7. The highest BCUT2D eigenvalue weighted by molar-refractivity contribution is 5.79. The topological polar surface area (TPSA) is 108 Å². The van der Waals surface area contributed by atoms with Crippen LogP contribution in [0.4, 0.5) is 0 Å². The lowest BCUT2D eigenvalue weighted by atomic mass is 10.2. The zero-order valence-corrected chi connectivity index (χ0v) is 10.8. The smallest absolute Gasteiger partial charge is 0.260 e. The number of aromatic nitrogens is 2. The lowest BCUT2D eigenvalue weighted by Gasteiger charge is -2.11. The van der Waals surface area contributed by atoms with E-state index in [-0.39, 0.29) is 28.9 Å². The summed E-state index contributed by atoms with van der Waals surface area (Å²) in [4.78, 5) is 16.3. The van der Waals surface area contributed by atoms with Crippen LogP contribution in [0.1, 0.15) is 5.56 Å². The molecular formula is C13H13N3O4. The molecule has 20 heavy (non-hydrogen) atoms. The van der Waals surface area contributed by atoms with Crippen molar-refractivity contribution in [3.05, 3.63) is 34.2 Å². The standard InChI is InChI=1S/C13H13N3O4/c1-20-12-8(5-14)4-10-11(15-12)2-3-16(13(10)19)6-9(18)7-17/h2-4,9,17-18H,6-7H2,1H3. The maximum absolute atomic E-state index is 12.2. The van der Waals surface area contributed by atoms with Gasteiger partial charge in [0.2, 0.25) is 5.88 Å². The Morgan fingerprint density at radius 1 is 1.60 bits per heavy atom. The Balaban J connectivity index is 2.61. The molecule has 7 nitrogen and oxygen atoms in total. The highest BCUT2D eigenvalue weighted by Crippen LogP contribution is 2.19. The Kier molecular flexibility index (Phi) is 3.98. The number of ether oxygens (including phenoxy) is 1. The normalized spacial score (nSPS) is 12.1. The zero-order valence-electron chi connectivity index (χ0n) is 10.8. The van der Waals surface area contributed by atoms with E-state index in [1.807, 2.05) is 6.07 Å². The first kappa shape index (κ1) is 14.0. The Morgan fingerprint density at radius 2 is 2.35 bits per heavy atom. The van der Waals surface area contributed by atoms with Crippen molar-refractivity contribution in [1.29, 1.82) is 5.26 Å². The van der Waals surface area contributed by atoms with Gasteiger partial charge in [0, 0.05) is 6.20 Å². The van der Waals surface area contributed by atoms with E-state index in [1.54, 1.807) is 6.07 Å². The molecule has 0 aliphatic rings. The van der Waals surface area contributed by atoms with Crippen LogP contribution in [-0.2, 0) is 6.54 Å². The summed E-state index contributed by atoms with van der Waals surface area (Å²) in [5.41, 5.74) is 0.180. The number of aliphatic hydroxyl groups excluding tert-OH is 2. The number of hydrogen-bond acceptors (Lipinski definition) is 6. The van der Waals surface area contributed by atoms with Crippen molar-refractivity contribution in [3.63, 3.8) is 0 Å². The number of nitriles is 1. The quantitative estimate of drug-likeness (QED) is 0.788. The Morgan fingerprint density at radius 3 is 2.95 bits per heavy atom. The summed E-state index contributed by atoms with van der Waals surface area (Å²) in [5, 5.41) is 27.5. The number of pyridine rings is 2. The first-order chi connectivity index (χ1) is 9.60. The van der Waals surface area contributed by atoms with Gasteiger partial charge in [0.25, 0.3) is 5.56 Å². The van der Waals surface area contributed by atoms with E-state index in [0.29, 0.717) is 5.52 Å². The number of nitrogens with zero attached hydrogens (tertiary/aromatic N) is 3. The molecule has 2 N–H and O–H groups in total. The lowest BCUT2D eigenvalue weighted by Crippen LogP contribution is -2.28. The molecule has 1 unspecified atom stereocenters. The van der Waals surface area contributed by atoms with E-state index < -0.39 is 12.7 Å². The second-order valence-electron chi connectivity index (χ2n) is 4.20. The Labute approximate surface area is 114 Å². The van der Waals surface area contributed by atoms with Crippen LogP contribution >= 0.6 is 0 Å². The van der Waals surface area contributed by atoms with Gasteiger partial charge in [0.1, 0.15) is 11.6 Å². The molecule has 104 valence electrons. The molecule has 2 aromatic rings. The first-order valence-electron chi connectivity index (χ1n) is 5.88. The van der Waals surface area contributed by atoms with Crippen molar-refractivity contribution in [2.45, 2.75) is 12.6 Å². The molecule has 0 aliphatic heterocycles. The number of hydrogen-bond donors (Lipinski definition) is 2. The van der Waals surface area contributed by atoms with Gasteiger partial charge in [-0.2, -0.15) is 5.26 Å². The second kappa shape index (κ2) is 5.69. The minimum atomic E-state index is -1.02. The summed E-state index contributed by atoms with van der Waals surface area (Å²) >= 11 is 0. The summed E-state index contributed by atoms with van der Waals surface area (Å²) in [6, 6.07) is 4.91. The van der Waals surface area contributed by atoms with Crippen LogP contribution in [0.5, 0.6) is 5.88 Å². The van der Waals surface area contributed by atoms with E-state index in [1.165, 1.54) is 23.9 Å². The molecule has 0 aromatic carbocycles. The molecule has 0 aliphatic carbocycles. The van der Waals surface area contributed by atoms with Gasteiger partial charge in [0.15, 0.2) is 0 Å². The number of methoxy groups -OCH3 is 1. The van der Waals surface area contributed by atoms with Crippen LogP contribution < -0.4 is 10.3 Å². The Bertz CT molecular complexity index is 733. The molecule has 2 heterocycles. The fraction of sp³-hybridized carbons (Fsp3) is 0.308. The van der Waals surface area contributed by atoms with Crippen molar-refractivity contribution in [2.24, 2.45) is 0 Å². The summed E-state index contributed by atoms with van der Waals surface area (Å²) in [6.07, 6.45) is 0.453. The SMILES string of the molecule is COc1nc2ccn(CC(O)CO)c(=O)c2cc1C#N. The maximum atomic E-state index is 12.2. The molecule has 0 fully saturated rings. The van der Waals surface area contributed by atoms with E-state index in [2.05, 4.69) is 4.98 Å². The molecule has 7 heteroatoms. The molecule has 0 spiro atoms. The highest BCUT2D eigenvalue weighted by Gasteiger charge is 2.12. The summed E-state index contributed by atoms with van der Waals surface area (Å²) in [6.45, 7) is -0.464. The van der Waals surface area contributed by atoms with Gasteiger partial charge in [-0.25, -0.2) is 4.98 Å². The largest absolute Gasteiger partial charge is 0.480 e. The fourth-order valence-electron chi connectivity index (χ4n) is 1.86.